The van der Waals surface area contributed by atoms with Crippen LogP contribution in [0.5, 0.6) is 5.75 Å². The third-order valence-electron chi connectivity index (χ3n) is 10.3. The Kier molecular flexibility index (Phi) is 9.06. The molecular formula is C36H44N4O4. The third-order valence-corrected chi connectivity index (χ3v) is 10.3. The van der Waals surface area contributed by atoms with Crippen molar-refractivity contribution in [3.8, 4) is 17.6 Å². The van der Waals surface area contributed by atoms with Crippen LogP contribution in [0, 0.1) is 23.7 Å². The summed E-state index contributed by atoms with van der Waals surface area (Å²) in [5.74, 6) is 7.39. The molecule has 0 bridgehead atoms. The molecule has 2 aromatic rings. The Morgan fingerprint density at radius 1 is 1.02 bits per heavy atom. The van der Waals surface area contributed by atoms with Crippen LogP contribution in [0.15, 0.2) is 42.5 Å². The van der Waals surface area contributed by atoms with E-state index in [2.05, 4.69) is 34.3 Å². The summed E-state index contributed by atoms with van der Waals surface area (Å²) in [6.07, 6.45) is 8.31. The van der Waals surface area contributed by atoms with Gasteiger partial charge in [-0.15, -0.1) is 0 Å². The average Bonchev–Trinajstić information content (AvgIpc) is 3.43. The van der Waals surface area contributed by atoms with Gasteiger partial charge in [-0.25, -0.2) is 0 Å². The minimum absolute atomic E-state index is 0.0667. The molecule has 2 aliphatic carbocycles. The van der Waals surface area contributed by atoms with Crippen LogP contribution in [0.3, 0.4) is 0 Å². The van der Waals surface area contributed by atoms with E-state index in [9.17, 15) is 14.4 Å². The molecule has 44 heavy (non-hydrogen) atoms. The molecule has 2 N–H and O–H groups in total. The second kappa shape index (κ2) is 13.1. The highest BCUT2D eigenvalue weighted by Gasteiger charge is 2.44. The molecule has 3 atom stereocenters. The summed E-state index contributed by atoms with van der Waals surface area (Å²) in [6, 6.07) is 13.8. The van der Waals surface area contributed by atoms with Crippen molar-refractivity contribution in [2.75, 3.05) is 40.0 Å². The first-order valence-electron chi connectivity index (χ1n) is 16.3. The molecule has 0 radical (unpaired) electrons. The highest BCUT2D eigenvalue weighted by atomic mass is 16.5. The van der Waals surface area contributed by atoms with Gasteiger partial charge in [-0.05, 0) is 79.5 Å². The lowest BCUT2D eigenvalue weighted by atomic mass is 9.73. The summed E-state index contributed by atoms with van der Waals surface area (Å²) in [6.45, 7) is 5.90. The Labute approximate surface area is 260 Å². The van der Waals surface area contributed by atoms with E-state index in [1.807, 2.05) is 47.4 Å². The largest absolute Gasteiger partial charge is 0.497 e. The Bertz CT molecular complexity index is 1450. The fourth-order valence-electron chi connectivity index (χ4n) is 7.49. The van der Waals surface area contributed by atoms with Gasteiger partial charge in [0.2, 0.25) is 0 Å². The monoisotopic (exact) mass is 596 g/mol. The maximum Gasteiger partial charge on any atom is 0.253 e. The van der Waals surface area contributed by atoms with Gasteiger partial charge in [0.1, 0.15) is 5.75 Å². The van der Waals surface area contributed by atoms with E-state index in [1.165, 1.54) is 32.1 Å². The van der Waals surface area contributed by atoms with Gasteiger partial charge >= 0.3 is 0 Å². The number of carbonyl (C=O) groups excluding carboxylic acids is 3. The van der Waals surface area contributed by atoms with Crippen LogP contribution >= 0.6 is 0 Å². The van der Waals surface area contributed by atoms with Crippen LogP contribution in [-0.2, 0) is 11.2 Å². The predicted octanol–water partition coefficient (Wildman–Crippen LogP) is 4.02. The van der Waals surface area contributed by atoms with Crippen molar-refractivity contribution in [1.29, 1.82) is 0 Å². The van der Waals surface area contributed by atoms with Gasteiger partial charge in [-0.2, -0.15) is 0 Å². The number of Topliss-reactive ketones (excluding diaryl/α,β-unsaturated/α-hetero) is 1. The van der Waals surface area contributed by atoms with Crippen molar-refractivity contribution in [3.05, 3.63) is 64.7 Å². The van der Waals surface area contributed by atoms with Gasteiger partial charge in [-0.1, -0.05) is 44.1 Å². The Morgan fingerprint density at radius 2 is 1.77 bits per heavy atom. The zero-order chi connectivity index (χ0) is 30.7. The molecule has 2 aromatic carbocycles. The molecular weight excluding hydrogens is 552 g/mol. The molecule has 0 spiro atoms. The van der Waals surface area contributed by atoms with Gasteiger partial charge in [-0.3, -0.25) is 24.6 Å². The second-order valence-electron chi connectivity index (χ2n) is 13.0. The summed E-state index contributed by atoms with van der Waals surface area (Å²) < 4.78 is 5.31. The first kappa shape index (κ1) is 30.4. The van der Waals surface area contributed by atoms with Crippen molar-refractivity contribution in [2.24, 2.45) is 11.8 Å². The number of benzene rings is 2. The number of hydrogen-bond donors (Lipinski definition) is 2. The maximum atomic E-state index is 13.2. The number of carbonyl (C=O) groups is 3. The Morgan fingerprint density at radius 3 is 2.45 bits per heavy atom. The number of amides is 2. The van der Waals surface area contributed by atoms with E-state index in [0.717, 1.165) is 49.3 Å². The molecule has 2 saturated heterocycles. The molecule has 2 amide bonds. The van der Waals surface area contributed by atoms with Crippen LogP contribution in [0.25, 0.3) is 0 Å². The van der Waals surface area contributed by atoms with E-state index in [1.54, 1.807) is 7.11 Å². The normalized spacial score (nSPS) is 25.0. The zero-order valence-corrected chi connectivity index (χ0v) is 26.0. The summed E-state index contributed by atoms with van der Waals surface area (Å²) in [4.78, 5) is 43.9. The SMILES string of the molecule is COc1ccc2c(c1)C(=O)CC(C(C)CC1(C#Cc3ccc(C(=O)N4CCN(C5CCCCC5)CC4)cc3)NCNC1=O)C2. The molecule has 2 aliphatic heterocycles. The number of ketones is 1. The summed E-state index contributed by atoms with van der Waals surface area (Å²) in [5, 5.41) is 6.19. The number of fused-ring (bicyclic) bond motifs is 1. The molecule has 4 aliphatic rings. The van der Waals surface area contributed by atoms with Gasteiger partial charge in [0.25, 0.3) is 11.8 Å². The van der Waals surface area contributed by atoms with Crippen molar-refractivity contribution in [1.82, 2.24) is 20.4 Å². The quantitative estimate of drug-likeness (QED) is 0.490. The first-order chi connectivity index (χ1) is 21.3. The third kappa shape index (κ3) is 6.40. The summed E-state index contributed by atoms with van der Waals surface area (Å²) in [5.41, 5.74) is 2.16. The number of nitrogens with zero attached hydrogens (tertiary/aromatic N) is 2. The molecule has 232 valence electrons. The van der Waals surface area contributed by atoms with E-state index >= 15 is 0 Å². The number of rotatable bonds is 6. The van der Waals surface area contributed by atoms with Crippen LogP contribution < -0.4 is 15.4 Å². The molecule has 1 saturated carbocycles. The molecule has 3 fully saturated rings. The van der Waals surface area contributed by atoms with Crippen molar-refractivity contribution < 1.29 is 19.1 Å². The van der Waals surface area contributed by atoms with E-state index in [0.29, 0.717) is 36.9 Å². The minimum Gasteiger partial charge on any atom is -0.497 e. The predicted molar refractivity (Wildman–Crippen MR) is 169 cm³/mol. The number of ether oxygens (including phenoxy) is 1. The van der Waals surface area contributed by atoms with E-state index in [4.69, 9.17) is 4.74 Å². The molecule has 6 rings (SSSR count). The van der Waals surface area contributed by atoms with E-state index < -0.39 is 5.54 Å². The molecule has 0 aromatic heterocycles. The summed E-state index contributed by atoms with van der Waals surface area (Å²) >= 11 is 0. The second-order valence-corrected chi connectivity index (χ2v) is 13.0. The van der Waals surface area contributed by atoms with Gasteiger partial charge in [0.15, 0.2) is 11.3 Å². The zero-order valence-electron chi connectivity index (χ0n) is 26.0. The first-order valence-corrected chi connectivity index (χ1v) is 16.3. The van der Waals surface area contributed by atoms with Gasteiger partial charge in [0.05, 0.1) is 13.8 Å². The topological polar surface area (TPSA) is 91.0 Å². The highest BCUT2D eigenvalue weighted by Crippen LogP contribution is 2.36. The average molecular weight is 597 g/mol. The van der Waals surface area contributed by atoms with Crippen molar-refractivity contribution in [3.63, 3.8) is 0 Å². The van der Waals surface area contributed by atoms with Crippen LogP contribution in [-0.4, -0.2) is 78.9 Å². The molecule has 2 heterocycles. The van der Waals surface area contributed by atoms with Crippen LogP contribution in [0.1, 0.15) is 83.7 Å². The lowest BCUT2D eigenvalue weighted by Gasteiger charge is -2.40. The fraction of sp³-hybridized carbons (Fsp3) is 0.528. The summed E-state index contributed by atoms with van der Waals surface area (Å²) in [7, 11) is 1.61. The van der Waals surface area contributed by atoms with Crippen LogP contribution in [0.4, 0.5) is 0 Å². The highest BCUT2D eigenvalue weighted by molar-refractivity contribution is 5.99. The van der Waals surface area contributed by atoms with Gasteiger partial charge in [0, 0.05) is 55.3 Å². The van der Waals surface area contributed by atoms with Crippen LogP contribution in [0.2, 0.25) is 0 Å². The maximum absolute atomic E-state index is 13.2. The van der Waals surface area contributed by atoms with Crippen molar-refractivity contribution in [2.45, 2.75) is 69.9 Å². The molecule has 8 nitrogen and oxygen atoms in total. The minimum atomic E-state index is -1.03. The Hall–Kier alpha value is -3.67. The smallest absolute Gasteiger partial charge is 0.253 e. The Balaban J connectivity index is 1.09. The number of methoxy groups -OCH3 is 1. The number of piperazine rings is 1. The van der Waals surface area contributed by atoms with Crippen molar-refractivity contribution >= 4 is 17.6 Å². The lowest BCUT2D eigenvalue weighted by molar-refractivity contribution is -0.122. The lowest BCUT2D eigenvalue weighted by Crippen LogP contribution is -2.52. The fourth-order valence-corrected chi connectivity index (χ4v) is 7.49. The van der Waals surface area contributed by atoms with Gasteiger partial charge < -0.3 is 15.0 Å². The van der Waals surface area contributed by atoms with E-state index in [-0.39, 0.29) is 29.4 Å². The molecule has 3 unspecified atom stereocenters. The number of hydrogen-bond acceptors (Lipinski definition) is 6. The molecule has 8 heteroatoms. The standard InChI is InChI=1S/C36H44N4O4/c1-25(29-20-28-12-13-31(44-2)22-32(28)33(41)21-29)23-36(35(43)37-24-38-36)15-14-26-8-10-27(11-9-26)34(42)40-18-16-39(17-19-40)30-6-4-3-5-7-30/h8-13,22,25,29-30,38H,3-7,16-21,23-24H2,1-2H3,(H,37,43). The number of nitrogens with one attached hydrogen (secondary N) is 2.